The largest absolute Gasteiger partial charge is 0.235 e. The van der Waals surface area contributed by atoms with Crippen molar-refractivity contribution in [1.29, 1.82) is 5.26 Å². The van der Waals surface area contributed by atoms with Gasteiger partial charge in [-0.25, -0.2) is 4.98 Å². The van der Waals surface area contributed by atoms with E-state index in [2.05, 4.69) is 56.1 Å². The minimum Gasteiger partial charge on any atom is -0.235 e. The molecule has 1 aromatic heterocycles. The maximum Gasteiger partial charge on any atom is 0.134 e. The van der Waals surface area contributed by atoms with E-state index in [0.717, 1.165) is 28.2 Å². The van der Waals surface area contributed by atoms with Crippen molar-refractivity contribution in [3.63, 3.8) is 0 Å². The minimum absolute atomic E-state index is 0.599. The van der Waals surface area contributed by atoms with Gasteiger partial charge in [0.05, 0.1) is 11.3 Å². The molecule has 0 saturated heterocycles. The Morgan fingerprint density at radius 1 is 1.12 bits per heavy atom. The average molecular weight is 359 g/mol. The average Bonchev–Trinajstić information content (AvgIpc) is 3.11. The predicted molar refractivity (Wildman–Crippen MR) is 111 cm³/mol. The van der Waals surface area contributed by atoms with Gasteiger partial charge in [-0.1, -0.05) is 67.9 Å². The standard InChI is InChI=1S/C23H22N2S/c1-16(2)12-18-8-10-20(11-9-18)22-15-26-23(25-22)21(14-24)13-19-6-4-17(3)5-7-19/h4-11,13,15-16H,12H2,1-3H3/b21-13-. The third-order valence-corrected chi connectivity index (χ3v) is 5.01. The van der Waals surface area contributed by atoms with Crippen molar-refractivity contribution < 1.29 is 0 Å². The van der Waals surface area contributed by atoms with Crippen molar-refractivity contribution in [2.75, 3.05) is 0 Å². The number of hydrogen-bond donors (Lipinski definition) is 0. The van der Waals surface area contributed by atoms with Crippen LogP contribution in [0.2, 0.25) is 0 Å². The highest BCUT2D eigenvalue weighted by Gasteiger charge is 2.09. The second-order valence-corrected chi connectivity index (χ2v) is 7.77. The molecule has 0 spiro atoms. The second-order valence-electron chi connectivity index (χ2n) is 6.91. The van der Waals surface area contributed by atoms with Crippen LogP contribution in [0.3, 0.4) is 0 Å². The minimum atomic E-state index is 0.599. The van der Waals surface area contributed by atoms with E-state index >= 15 is 0 Å². The van der Waals surface area contributed by atoms with Crippen molar-refractivity contribution in [1.82, 2.24) is 4.98 Å². The highest BCUT2D eigenvalue weighted by atomic mass is 32.1. The predicted octanol–water partition coefficient (Wildman–Crippen LogP) is 6.38. The third kappa shape index (κ3) is 4.47. The summed E-state index contributed by atoms with van der Waals surface area (Å²) in [5.74, 6) is 0.650. The molecule has 2 nitrogen and oxygen atoms in total. The molecule has 0 N–H and O–H groups in total. The molecule has 1 heterocycles. The van der Waals surface area contributed by atoms with Gasteiger partial charge in [0.1, 0.15) is 11.1 Å². The zero-order chi connectivity index (χ0) is 18.5. The van der Waals surface area contributed by atoms with Crippen LogP contribution in [0.5, 0.6) is 0 Å². The Balaban J connectivity index is 1.84. The molecule has 2 aromatic carbocycles. The number of benzene rings is 2. The first-order chi connectivity index (χ1) is 12.5. The van der Waals surface area contributed by atoms with Crippen molar-refractivity contribution in [3.8, 4) is 17.3 Å². The van der Waals surface area contributed by atoms with Gasteiger partial charge in [0.25, 0.3) is 0 Å². The quantitative estimate of drug-likeness (QED) is 0.496. The van der Waals surface area contributed by atoms with Gasteiger partial charge in [-0.15, -0.1) is 11.3 Å². The maximum absolute atomic E-state index is 9.54. The summed E-state index contributed by atoms with van der Waals surface area (Å²) in [4.78, 5) is 4.68. The lowest BCUT2D eigenvalue weighted by atomic mass is 10.0. The van der Waals surface area contributed by atoms with E-state index in [0.29, 0.717) is 11.5 Å². The Hall–Kier alpha value is -2.70. The van der Waals surface area contributed by atoms with Crippen molar-refractivity contribution in [2.45, 2.75) is 27.2 Å². The van der Waals surface area contributed by atoms with Crippen LogP contribution < -0.4 is 0 Å². The molecule has 3 rings (SSSR count). The number of thiazole rings is 1. The Kier molecular flexibility index (Phi) is 5.65. The molecule has 0 radical (unpaired) electrons. The van der Waals surface area contributed by atoms with Crippen LogP contribution in [-0.4, -0.2) is 4.98 Å². The molecule has 130 valence electrons. The molecular weight excluding hydrogens is 336 g/mol. The van der Waals surface area contributed by atoms with E-state index in [-0.39, 0.29) is 0 Å². The Bertz CT molecular complexity index is 939. The number of aromatic nitrogens is 1. The first kappa shape index (κ1) is 18.1. The van der Waals surface area contributed by atoms with Crippen LogP contribution in [0.1, 0.15) is 35.5 Å². The fraction of sp³-hybridized carbons (Fsp3) is 0.217. The van der Waals surface area contributed by atoms with Gasteiger partial charge in [0.2, 0.25) is 0 Å². The number of rotatable bonds is 5. The molecule has 3 aromatic rings. The number of hydrogen-bond acceptors (Lipinski definition) is 3. The third-order valence-electron chi connectivity index (χ3n) is 4.14. The maximum atomic E-state index is 9.54. The van der Waals surface area contributed by atoms with E-state index < -0.39 is 0 Å². The molecule has 0 bridgehead atoms. The summed E-state index contributed by atoms with van der Waals surface area (Å²) < 4.78 is 0. The highest BCUT2D eigenvalue weighted by Crippen LogP contribution is 2.27. The van der Waals surface area contributed by atoms with Crippen LogP contribution >= 0.6 is 11.3 Å². The van der Waals surface area contributed by atoms with Gasteiger partial charge in [-0.05, 0) is 36.5 Å². The number of nitriles is 1. The van der Waals surface area contributed by atoms with E-state index in [1.807, 2.05) is 35.7 Å². The molecule has 0 amide bonds. The van der Waals surface area contributed by atoms with Crippen LogP contribution in [0.15, 0.2) is 53.9 Å². The summed E-state index contributed by atoms with van der Waals surface area (Å²) in [6.45, 7) is 6.51. The molecule has 0 aliphatic heterocycles. The highest BCUT2D eigenvalue weighted by molar-refractivity contribution is 7.11. The lowest BCUT2D eigenvalue weighted by Crippen LogP contribution is -1.93. The van der Waals surface area contributed by atoms with Gasteiger partial charge in [0, 0.05) is 10.9 Å². The molecule has 3 heteroatoms. The Morgan fingerprint density at radius 2 is 1.81 bits per heavy atom. The van der Waals surface area contributed by atoms with Gasteiger partial charge in [-0.2, -0.15) is 5.26 Å². The molecule has 26 heavy (non-hydrogen) atoms. The fourth-order valence-corrected chi connectivity index (χ4v) is 3.58. The van der Waals surface area contributed by atoms with Crippen LogP contribution in [0.4, 0.5) is 0 Å². The van der Waals surface area contributed by atoms with Crippen molar-refractivity contribution >= 4 is 23.0 Å². The SMILES string of the molecule is Cc1ccc(/C=C(/C#N)c2nc(-c3ccc(CC(C)C)cc3)cs2)cc1. The van der Waals surface area contributed by atoms with Crippen molar-refractivity contribution in [2.24, 2.45) is 5.92 Å². The van der Waals surface area contributed by atoms with Gasteiger partial charge in [0.15, 0.2) is 0 Å². The zero-order valence-electron chi connectivity index (χ0n) is 15.4. The van der Waals surface area contributed by atoms with E-state index in [4.69, 9.17) is 0 Å². The molecule has 0 atom stereocenters. The topological polar surface area (TPSA) is 36.7 Å². The summed E-state index contributed by atoms with van der Waals surface area (Å²) in [7, 11) is 0. The Labute approximate surface area is 159 Å². The summed E-state index contributed by atoms with van der Waals surface area (Å²) >= 11 is 1.51. The Morgan fingerprint density at radius 3 is 2.42 bits per heavy atom. The second kappa shape index (κ2) is 8.12. The normalized spacial score (nSPS) is 11.6. The van der Waals surface area contributed by atoms with Crippen LogP contribution in [0.25, 0.3) is 22.9 Å². The first-order valence-electron chi connectivity index (χ1n) is 8.79. The molecule has 0 unspecified atom stereocenters. The van der Waals surface area contributed by atoms with Gasteiger partial charge < -0.3 is 0 Å². The van der Waals surface area contributed by atoms with Crippen molar-refractivity contribution in [3.05, 3.63) is 75.6 Å². The monoisotopic (exact) mass is 358 g/mol. The molecular formula is C23H22N2S. The summed E-state index contributed by atoms with van der Waals surface area (Å²) in [6, 6.07) is 19.0. The molecule has 0 saturated carbocycles. The molecule has 0 fully saturated rings. The number of aryl methyl sites for hydroxylation is 1. The van der Waals surface area contributed by atoms with E-state index in [9.17, 15) is 5.26 Å². The molecule has 0 aliphatic rings. The summed E-state index contributed by atoms with van der Waals surface area (Å²) in [5, 5.41) is 12.3. The van der Waals surface area contributed by atoms with Crippen LogP contribution in [-0.2, 0) is 6.42 Å². The summed E-state index contributed by atoms with van der Waals surface area (Å²) in [6.07, 6.45) is 2.98. The zero-order valence-corrected chi connectivity index (χ0v) is 16.2. The lowest BCUT2D eigenvalue weighted by molar-refractivity contribution is 0.647. The molecule has 0 aliphatic carbocycles. The summed E-state index contributed by atoms with van der Waals surface area (Å²) in [5.41, 5.74) is 6.18. The number of allylic oxidation sites excluding steroid dienone is 1. The smallest absolute Gasteiger partial charge is 0.134 e. The lowest BCUT2D eigenvalue weighted by Gasteiger charge is -2.05. The fourth-order valence-electron chi connectivity index (χ4n) is 2.78. The first-order valence-corrected chi connectivity index (χ1v) is 9.67. The van der Waals surface area contributed by atoms with Crippen LogP contribution in [0, 0.1) is 24.2 Å². The van der Waals surface area contributed by atoms with E-state index in [1.54, 1.807) is 0 Å². The van der Waals surface area contributed by atoms with Gasteiger partial charge >= 0.3 is 0 Å². The van der Waals surface area contributed by atoms with E-state index in [1.165, 1.54) is 22.5 Å². The van der Waals surface area contributed by atoms with Gasteiger partial charge in [-0.3, -0.25) is 0 Å². The number of nitrogens with zero attached hydrogens (tertiary/aromatic N) is 2.